The maximum absolute atomic E-state index is 12.0. The van der Waals surface area contributed by atoms with Crippen LogP contribution in [0.1, 0.15) is 24.6 Å². The van der Waals surface area contributed by atoms with Crippen LogP contribution >= 0.6 is 11.3 Å². The minimum Gasteiger partial charge on any atom is -0.481 e. The van der Waals surface area contributed by atoms with E-state index in [0.29, 0.717) is 25.9 Å². The molecule has 0 saturated carbocycles. The molecule has 0 bridgehead atoms. The van der Waals surface area contributed by atoms with Gasteiger partial charge in [-0.3, -0.25) is 9.59 Å². The van der Waals surface area contributed by atoms with E-state index in [4.69, 9.17) is 5.11 Å². The summed E-state index contributed by atoms with van der Waals surface area (Å²) in [5, 5.41) is 11.1. The van der Waals surface area contributed by atoms with E-state index >= 15 is 0 Å². The molecule has 1 aromatic rings. The summed E-state index contributed by atoms with van der Waals surface area (Å²) in [6.45, 7) is 2.61. The molecule has 1 aliphatic rings. The van der Waals surface area contributed by atoms with Crippen LogP contribution in [0.2, 0.25) is 0 Å². The molecule has 0 spiro atoms. The standard InChI is InChI=1S/C13H17NO3S/c1-13(12(16)17)6-7-14(9-13)11(15)5-4-10-3-2-8-18-10/h2-3,8H,4-7,9H2,1H3,(H,16,17)/t13-/m0/s1. The molecular formula is C13H17NO3S. The first kappa shape index (κ1) is 13.1. The third-order valence-corrected chi connectivity index (χ3v) is 4.44. The monoisotopic (exact) mass is 267 g/mol. The highest BCUT2D eigenvalue weighted by Crippen LogP contribution is 2.30. The number of likely N-dealkylation sites (tertiary alicyclic amines) is 1. The van der Waals surface area contributed by atoms with E-state index in [1.807, 2.05) is 17.5 Å². The third kappa shape index (κ3) is 2.72. The minimum atomic E-state index is -0.809. The van der Waals surface area contributed by atoms with Gasteiger partial charge in [-0.05, 0) is 31.2 Å². The molecule has 0 aliphatic carbocycles. The third-order valence-electron chi connectivity index (χ3n) is 3.51. The van der Waals surface area contributed by atoms with Crippen molar-refractivity contribution in [3.8, 4) is 0 Å². The summed E-state index contributed by atoms with van der Waals surface area (Å²) < 4.78 is 0. The van der Waals surface area contributed by atoms with Crippen LogP contribution in [-0.4, -0.2) is 35.0 Å². The lowest BCUT2D eigenvalue weighted by atomic mass is 9.90. The van der Waals surface area contributed by atoms with Gasteiger partial charge in [0, 0.05) is 24.4 Å². The number of carboxylic acids is 1. The van der Waals surface area contributed by atoms with Crippen molar-refractivity contribution in [1.82, 2.24) is 4.90 Å². The molecule has 4 nitrogen and oxygen atoms in total. The molecule has 2 rings (SSSR count). The molecule has 1 N–H and O–H groups in total. The van der Waals surface area contributed by atoms with Gasteiger partial charge < -0.3 is 10.0 Å². The quantitative estimate of drug-likeness (QED) is 0.907. The minimum absolute atomic E-state index is 0.0633. The Morgan fingerprint density at radius 2 is 2.33 bits per heavy atom. The smallest absolute Gasteiger partial charge is 0.311 e. The molecule has 98 valence electrons. The number of carbonyl (C=O) groups is 2. The number of hydrogen-bond acceptors (Lipinski definition) is 3. The maximum atomic E-state index is 12.0. The summed E-state index contributed by atoms with van der Waals surface area (Å²) in [5.41, 5.74) is -0.765. The van der Waals surface area contributed by atoms with E-state index in [0.717, 1.165) is 6.42 Å². The fraction of sp³-hybridized carbons (Fsp3) is 0.538. The van der Waals surface area contributed by atoms with Crippen molar-refractivity contribution in [2.75, 3.05) is 13.1 Å². The Bertz CT molecular complexity index is 443. The number of aryl methyl sites for hydroxylation is 1. The molecule has 1 saturated heterocycles. The van der Waals surface area contributed by atoms with Crippen molar-refractivity contribution in [2.24, 2.45) is 5.41 Å². The largest absolute Gasteiger partial charge is 0.481 e. The zero-order chi connectivity index (χ0) is 13.2. The Morgan fingerprint density at radius 1 is 1.56 bits per heavy atom. The normalized spacial score (nSPS) is 23.3. The van der Waals surface area contributed by atoms with Crippen molar-refractivity contribution in [1.29, 1.82) is 0 Å². The number of rotatable bonds is 4. The first-order chi connectivity index (χ1) is 8.51. The predicted octanol–water partition coefficient (Wildman–Crippen LogP) is 2.00. The van der Waals surface area contributed by atoms with E-state index in [1.54, 1.807) is 23.2 Å². The second-order valence-corrected chi connectivity index (χ2v) is 6.04. The molecule has 2 heterocycles. The van der Waals surface area contributed by atoms with Gasteiger partial charge in [-0.2, -0.15) is 0 Å². The fourth-order valence-electron chi connectivity index (χ4n) is 2.19. The lowest BCUT2D eigenvalue weighted by Gasteiger charge is -2.20. The number of carbonyl (C=O) groups excluding carboxylic acids is 1. The zero-order valence-corrected chi connectivity index (χ0v) is 11.2. The van der Waals surface area contributed by atoms with E-state index in [9.17, 15) is 9.59 Å². The van der Waals surface area contributed by atoms with Crippen LogP contribution in [0.5, 0.6) is 0 Å². The second-order valence-electron chi connectivity index (χ2n) is 5.01. The first-order valence-electron chi connectivity index (χ1n) is 6.05. The Labute approximate surface area is 110 Å². The van der Waals surface area contributed by atoms with Crippen molar-refractivity contribution in [2.45, 2.75) is 26.2 Å². The number of hydrogen-bond donors (Lipinski definition) is 1. The molecule has 1 atom stereocenters. The maximum Gasteiger partial charge on any atom is 0.311 e. The van der Waals surface area contributed by atoms with Gasteiger partial charge in [-0.25, -0.2) is 0 Å². The second kappa shape index (κ2) is 5.10. The lowest BCUT2D eigenvalue weighted by Crippen LogP contribution is -2.34. The Hall–Kier alpha value is -1.36. The van der Waals surface area contributed by atoms with E-state index in [1.165, 1.54) is 4.88 Å². The predicted molar refractivity (Wildman–Crippen MR) is 69.6 cm³/mol. The average molecular weight is 267 g/mol. The molecule has 1 amide bonds. The van der Waals surface area contributed by atoms with Gasteiger partial charge >= 0.3 is 5.97 Å². The van der Waals surface area contributed by atoms with Crippen LogP contribution in [0.25, 0.3) is 0 Å². The summed E-state index contributed by atoms with van der Waals surface area (Å²) >= 11 is 1.65. The molecule has 0 unspecified atom stereocenters. The number of thiophene rings is 1. The van der Waals surface area contributed by atoms with Crippen molar-refractivity contribution < 1.29 is 14.7 Å². The van der Waals surface area contributed by atoms with E-state index in [2.05, 4.69) is 0 Å². The van der Waals surface area contributed by atoms with Crippen molar-refractivity contribution >= 4 is 23.2 Å². The number of aliphatic carboxylic acids is 1. The topological polar surface area (TPSA) is 57.6 Å². The SMILES string of the molecule is C[C@]1(C(=O)O)CCN(C(=O)CCc2cccs2)C1. The van der Waals surface area contributed by atoms with Gasteiger partial charge in [0.1, 0.15) is 0 Å². The van der Waals surface area contributed by atoms with Gasteiger partial charge in [0.25, 0.3) is 0 Å². The van der Waals surface area contributed by atoms with Crippen LogP contribution in [0.15, 0.2) is 17.5 Å². The summed E-state index contributed by atoms with van der Waals surface area (Å²) in [5.74, 6) is -0.746. The Kier molecular flexibility index (Phi) is 3.71. The van der Waals surface area contributed by atoms with Gasteiger partial charge in [0.15, 0.2) is 0 Å². The number of nitrogens with zero attached hydrogens (tertiary/aromatic N) is 1. The summed E-state index contributed by atoms with van der Waals surface area (Å²) in [7, 11) is 0. The van der Waals surface area contributed by atoms with Gasteiger partial charge in [-0.15, -0.1) is 11.3 Å². The summed E-state index contributed by atoms with van der Waals surface area (Å²) in [6.07, 6.45) is 1.76. The van der Waals surface area contributed by atoms with Gasteiger partial charge in [0.05, 0.1) is 5.41 Å². The van der Waals surface area contributed by atoms with E-state index in [-0.39, 0.29) is 5.91 Å². The Balaban J connectivity index is 1.86. The molecule has 1 aromatic heterocycles. The zero-order valence-electron chi connectivity index (χ0n) is 10.4. The van der Waals surface area contributed by atoms with Crippen LogP contribution < -0.4 is 0 Å². The van der Waals surface area contributed by atoms with Crippen LogP contribution in [0.3, 0.4) is 0 Å². The highest BCUT2D eigenvalue weighted by atomic mass is 32.1. The molecule has 18 heavy (non-hydrogen) atoms. The lowest BCUT2D eigenvalue weighted by molar-refractivity contribution is -0.147. The van der Waals surface area contributed by atoms with Crippen LogP contribution in [-0.2, 0) is 16.0 Å². The molecule has 5 heteroatoms. The Morgan fingerprint density at radius 3 is 2.89 bits per heavy atom. The molecular weight excluding hydrogens is 250 g/mol. The first-order valence-corrected chi connectivity index (χ1v) is 6.93. The van der Waals surface area contributed by atoms with Crippen molar-refractivity contribution in [3.05, 3.63) is 22.4 Å². The van der Waals surface area contributed by atoms with Gasteiger partial charge in [-0.1, -0.05) is 6.07 Å². The number of amides is 1. The fourth-order valence-corrected chi connectivity index (χ4v) is 2.90. The van der Waals surface area contributed by atoms with Crippen molar-refractivity contribution in [3.63, 3.8) is 0 Å². The molecule has 1 aliphatic heterocycles. The molecule has 0 aromatic carbocycles. The van der Waals surface area contributed by atoms with Crippen LogP contribution in [0.4, 0.5) is 0 Å². The summed E-state index contributed by atoms with van der Waals surface area (Å²) in [4.78, 5) is 26.0. The molecule has 0 radical (unpaired) electrons. The summed E-state index contributed by atoms with van der Waals surface area (Å²) in [6, 6.07) is 3.99. The van der Waals surface area contributed by atoms with Crippen LogP contribution in [0, 0.1) is 5.41 Å². The van der Waals surface area contributed by atoms with E-state index < -0.39 is 11.4 Å². The number of carboxylic acid groups (broad SMARTS) is 1. The highest BCUT2D eigenvalue weighted by Gasteiger charge is 2.41. The van der Waals surface area contributed by atoms with Gasteiger partial charge in [0.2, 0.25) is 5.91 Å². The average Bonchev–Trinajstić information content (AvgIpc) is 2.95. The highest BCUT2D eigenvalue weighted by molar-refractivity contribution is 7.09. The molecule has 1 fully saturated rings.